The molecule has 1 heterocycles. The molecule has 0 saturated carbocycles. The Kier molecular flexibility index (Phi) is 5.97. The zero-order valence-electron chi connectivity index (χ0n) is 12.5. The molecule has 0 spiro atoms. The van der Waals surface area contributed by atoms with Crippen molar-refractivity contribution in [1.29, 1.82) is 0 Å². The second-order valence-electron chi connectivity index (χ2n) is 4.73. The molecular formula is C12H22N4O2S2. The van der Waals surface area contributed by atoms with Gasteiger partial charge in [0, 0.05) is 32.1 Å². The Morgan fingerprint density at radius 2 is 2.05 bits per heavy atom. The van der Waals surface area contributed by atoms with Crippen LogP contribution in [0.2, 0.25) is 0 Å². The molecule has 6 nitrogen and oxygen atoms in total. The van der Waals surface area contributed by atoms with Gasteiger partial charge in [0.25, 0.3) is 10.0 Å². The summed E-state index contributed by atoms with van der Waals surface area (Å²) in [7, 11) is 1.42. The minimum Gasteiger partial charge on any atom is -0.354 e. The quantitative estimate of drug-likeness (QED) is 0.629. The third-order valence-corrected chi connectivity index (χ3v) is 5.82. The molecule has 0 saturated heterocycles. The molecule has 0 atom stereocenters. The van der Waals surface area contributed by atoms with Gasteiger partial charge in [-0.2, -0.15) is 0 Å². The third-order valence-electron chi connectivity index (χ3n) is 2.45. The van der Waals surface area contributed by atoms with Gasteiger partial charge in [-0.05, 0) is 26.0 Å². The van der Waals surface area contributed by atoms with Crippen molar-refractivity contribution in [2.75, 3.05) is 21.1 Å². The number of thiophene rings is 1. The predicted octanol–water partition coefficient (Wildman–Crippen LogP) is 1.07. The molecule has 20 heavy (non-hydrogen) atoms. The van der Waals surface area contributed by atoms with Crippen molar-refractivity contribution < 1.29 is 8.42 Å². The summed E-state index contributed by atoms with van der Waals surface area (Å²) in [5.41, 5.74) is 0. The standard InChI is InChI=1S/C12H22N4O2S2/c1-9(2)15-12(13-3)14-8-10-6-7-11(19-10)20(17,18)16(4)5/h6-7,9H,8H2,1-5H3,(H2,13,14,15). The van der Waals surface area contributed by atoms with Crippen molar-refractivity contribution in [3.63, 3.8) is 0 Å². The summed E-state index contributed by atoms with van der Waals surface area (Å²) in [6.45, 7) is 4.60. The van der Waals surface area contributed by atoms with E-state index in [1.165, 1.54) is 29.7 Å². The van der Waals surface area contributed by atoms with Gasteiger partial charge in [-0.1, -0.05) is 0 Å². The van der Waals surface area contributed by atoms with Gasteiger partial charge in [0.1, 0.15) is 4.21 Å². The van der Waals surface area contributed by atoms with Crippen LogP contribution in [0.25, 0.3) is 0 Å². The zero-order valence-corrected chi connectivity index (χ0v) is 14.1. The van der Waals surface area contributed by atoms with E-state index in [9.17, 15) is 8.42 Å². The third kappa shape index (κ3) is 4.46. The number of rotatable bonds is 5. The van der Waals surface area contributed by atoms with Gasteiger partial charge in [0.15, 0.2) is 5.96 Å². The SMILES string of the molecule is CN=C(NCc1ccc(S(=O)(=O)N(C)C)s1)NC(C)C. The summed E-state index contributed by atoms with van der Waals surface area (Å²) >= 11 is 1.26. The van der Waals surface area contributed by atoms with Crippen molar-refractivity contribution in [1.82, 2.24) is 14.9 Å². The van der Waals surface area contributed by atoms with Crippen LogP contribution in [0.5, 0.6) is 0 Å². The van der Waals surface area contributed by atoms with Crippen LogP contribution in [0.15, 0.2) is 21.3 Å². The molecule has 0 unspecified atom stereocenters. The summed E-state index contributed by atoms with van der Waals surface area (Å²) in [6.07, 6.45) is 0. The fraction of sp³-hybridized carbons (Fsp3) is 0.583. The normalized spacial score (nSPS) is 13.1. The van der Waals surface area contributed by atoms with Gasteiger partial charge < -0.3 is 10.6 Å². The van der Waals surface area contributed by atoms with Crippen LogP contribution in [0.1, 0.15) is 18.7 Å². The van der Waals surface area contributed by atoms with E-state index in [1.807, 2.05) is 19.9 Å². The van der Waals surface area contributed by atoms with Crippen molar-refractivity contribution in [2.24, 2.45) is 4.99 Å². The lowest BCUT2D eigenvalue weighted by molar-refractivity contribution is 0.523. The van der Waals surface area contributed by atoms with Crippen LogP contribution >= 0.6 is 11.3 Å². The topological polar surface area (TPSA) is 73.8 Å². The highest BCUT2D eigenvalue weighted by Gasteiger charge is 2.19. The Morgan fingerprint density at radius 1 is 1.40 bits per heavy atom. The molecule has 0 amide bonds. The molecule has 0 aromatic carbocycles. The molecular weight excluding hydrogens is 296 g/mol. The highest BCUT2D eigenvalue weighted by atomic mass is 32.2. The lowest BCUT2D eigenvalue weighted by Gasteiger charge is -2.13. The second kappa shape index (κ2) is 7.05. The first-order valence-corrected chi connectivity index (χ1v) is 8.51. The van der Waals surface area contributed by atoms with Gasteiger partial charge in [0.2, 0.25) is 0 Å². The monoisotopic (exact) mass is 318 g/mol. The number of hydrogen-bond donors (Lipinski definition) is 2. The van der Waals surface area contributed by atoms with Crippen LogP contribution in [-0.4, -0.2) is 45.9 Å². The number of aliphatic imine (C=N–C) groups is 1. The minimum absolute atomic E-state index is 0.286. The molecule has 2 N–H and O–H groups in total. The molecule has 1 rings (SSSR count). The number of sulfonamides is 1. The van der Waals surface area contributed by atoms with E-state index in [2.05, 4.69) is 15.6 Å². The van der Waals surface area contributed by atoms with Crippen molar-refractivity contribution in [3.8, 4) is 0 Å². The fourth-order valence-corrected chi connectivity index (χ4v) is 3.88. The Hall–Kier alpha value is -1.12. The van der Waals surface area contributed by atoms with Crippen LogP contribution in [0.4, 0.5) is 0 Å². The Bertz CT molecular complexity index is 562. The van der Waals surface area contributed by atoms with Gasteiger partial charge in [-0.15, -0.1) is 11.3 Å². The largest absolute Gasteiger partial charge is 0.354 e. The summed E-state index contributed by atoms with van der Waals surface area (Å²) in [4.78, 5) is 5.04. The molecule has 0 fully saturated rings. The van der Waals surface area contributed by atoms with Crippen LogP contribution in [-0.2, 0) is 16.6 Å². The minimum atomic E-state index is -3.34. The van der Waals surface area contributed by atoms with E-state index in [0.29, 0.717) is 16.7 Å². The number of guanidine groups is 1. The average Bonchev–Trinajstić information content (AvgIpc) is 2.83. The molecule has 114 valence electrons. The Balaban J connectivity index is 2.70. The Morgan fingerprint density at radius 3 is 2.55 bits per heavy atom. The molecule has 0 aliphatic heterocycles. The smallest absolute Gasteiger partial charge is 0.252 e. The van der Waals surface area contributed by atoms with Crippen LogP contribution in [0.3, 0.4) is 0 Å². The van der Waals surface area contributed by atoms with Crippen molar-refractivity contribution in [2.45, 2.75) is 30.6 Å². The highest BCUT2D eigenvalue weighted by Crippen LogP contribution is 2.23. The molecule has 1 aromatic rings. The summed E-state index contributed by atoms with van der Waals surface area (Å²) < 4.78 is 25.5. The van der Waals surface area contributed by atoms with E-state index in [0.717, 1.165) is 4.88 Å². The van der Waals surface area contributed by atoms with Gasteiger partial charge in [0.05, 0.1) is 6.54 Å². The molecule has 1 aromatic heterocycles. The molecule has 0 aliphatic carbocycles. The zero-order chi connectivity index (χ0) is 15.3. The number of nitrogens with zero attached hydrogens (tertiary/aromatic N) is 2. The molecule has 0 bridgehead atoms. The van der Waals surface area contributed by atoms with Crippen molar-refractivity contribution in [3.05, 3.63) is 17.0 Å². The predicted molar refractivity (Wildman–Crippen MR) is 83.7 cm³/mol. The average molecular weight is 318 g/mol. The van der Waals surface area contributed by atoms with E-state index in [-0.39, 0.29) is 6.04 Å². The summed E-state index contributed by atoms with van der Waals surface area (Å²) in [5.74, 6) is 0.699. The summed E-state index contributed by atoms with van der Waals surface area (Å²) in [6, 6.07) is 3.74. The number of nitrogens with one attached hydrogen (secondary N) is 2. The summed E-state index contributed by atoms with van der Waals surface area (Å²) in [5, 5.41) is 6.32. The van der Waals surface area contributed by atoms with E-state index in [1.54, 1.807) is 13.1 Å². The molecule has 0 radical (unpaired) electrons. The lowest BCUT2D eigenvalue weighted by Crippen LogP contribution is -2.40. The van der Waals surface area contributed by atoms with E-state index < -0.39 is 10.0 Å². The number of hydrogen-bond acceptors (Lipinski definition) is 4. The van der Waals surface area contributed by atoms with Crippen LogP contribution < -0.4 is 10.6 Å². The first-order valence-electron chi connectivity index (χ1n) is 6.25. The van der Waals surface area contributed by atoms with E-state index in [4.69, 9.17) is 0 Å². The van der Waals surface area contributed by atoms with Crippen molar-refractivity contribution >= 4 is 27.3 Å². The first kappa shape index (κ1) is 16.9. The van der Waals surface area contributed by atoms with E-state index >= 15 is 0 Å². The van der Waals surface area contributed by atoms with Gasteiger partial charge in [-0.3, -0.25) is 4.99 Å². The second-order valence-corrected chi connectivity index (χ2v) is 8.28. The van der Waals surface area contributed by atoms with Gasteiger partial charge >= 0.3 is 0 Å². The Labute approximate surface area is 125 Å². The lowest BCUT2D eigenvalue weighted by atomic mass is 10.4. The maximum atomic E-state index is 12.0. The van der Waals surface area contributed by atoms with Gasteiger partial charge in [-0.25, -0.2) is 12.7 Å². The molecule has 0 aliphatic rings. The maximum absolute atomic E-state index is 12.0. The first-order chi connectivity index (χ1) is 9.27. The molecule has 8 heteroatoms. The van der Waals surface area contributed by atoms with Crippen LogP contribution in [0, 0.1) is 0 Å². The highest BCUT2D eigenvalue weighted by molar-refractivity contribution is 7.91. The fourth-order valence-electron chi connectivity index (χ4n) is 1.41. The maximum Gasteiger partial charge on any atom is 0.252 e.